The summed E-state index contributed by atoms with van der Waals surface area (Å²) in [6.45, 7) is 2.38. The van der Waals surface area contributed by atoms with Gasteiger partial charge in [-0.3, -0.25) is 4.68 Å². The standard InChI is InChI=1S/C18H14N6O3S/c1-10-13-16-21-15(12-5-4-11(27-12)8-23-7-3-6-20-23)22-24(16)9-19-17(13)28-14(10)18(25)26-2/h3-7,9H,8H2,1-2H3. The summed E-state index contributed by atoms with van der Waals surface area (Å²) in [5, 5.41) is 9.43. The number of ether oxygens (including phenoxy) is 1. The molecule has 0 aliphatic rings. The van der Waals surface area contributed by atoms with Crippen LogP contribution in [0.5, 0.6) is 0 Å². The van der Waals surface area contributed by atoms with Crippen LogP contribution in [0.15, 0.2) is 41.3 Å². The molecule has 0 amide bonds. The zero-order valence-electron chi connectivity index (χ0n) is 15.0. The molecule has 5 heterocycles. The third kappa shape index (κ3) is 2.57. The topological polar surface area (TPSA) is 100 Å². The van der Waals surface area contributed by atoms with E-state index in [2.05, 4.69) is 20.2 Å². The van der Waals surface area contributed by atoms with Crippen LogP contribution in [0.25, 0.3) is 27.4 Å². The number of esters is 1. The second-order valence-corrected chi connectivity index (χ2v) is 7.14. The van der Waals surface area contributed by atoms with E-state index < -0.39 is 0 Å². The molecule has 140 valence electrons. The SMILES string of the molecule is COC(=O)c1sc2ncn3nc(-c4ccc(Cn5cccn5)o4)nc3c2c1C. The number of carbonyl (C=O) groups excluding carboxylic acids is 1. The largest absolute Gasteiger partial charge is 0.465 e. The molecule has 0 aliphatic carbocycles. The number of fused-ring (bicyclic) bond motifs is 3. The molecule has 0 N–H and O–H groups in total. The van der Waals surface area contributed by atoms with Crippen LogP contribution in [-0.2, 0) is 11.3 Å². The summed E-state index contributed by atoms with van der Waals surface area (Å²) in [5.74, 6) is 1.37. The van der Waals surface area contributed by atoms with Gasteiger partial charge in [0.25, 0.3) is 0 Å². The zero-order valence-corrected chi connectivity index (χ0v) is 15.8. The summed E-state index contributed by atoms with van der Waals surface area (Å²) in [5.41, 5.74) is 1.40. The van der Waals surface area contributed by atoms with Crippen LogP contribution in [0.2, 0.25) is 0 Å². The first-order valence-corrected chi connectivity index (χ1v) is 9.25. The maximum Gasteiger partial charge on any atom is 0.348 e. The summed E-state index contributed by atoms with van der Waals surface area (Å²) in [6.07, 6.45) is 5.17. The predicted octanol–water partition coefficient (Wildman–Crippen LogP) is 2.94. The molecule has 10 heteroatoms. The molecule has 0 unspecified atom stereocenters. The monoisotopic (exact) mass is 394 g/mol. The highest BCUT2D eigenvalue weighted by molar-refractivity contribution is 7.20. The van der Waals surface area contributed by atoms with Gasteiger partial charge >= 0.3 is 5.97 Å². The first kappa shape index (κ1) is 16.6. The molecule has 0 saturated heterocycles. The molecule has 0 fully saturated rings. The van der Waals surface area contributed by atoms with Gasteiger partial charge in [-0.05, 0) is 30.7 Å². The molecule has 28 heavy (non-hydrogen) atoms. The van der Waals surface area contributed by atoms with Gasteiger partial charge in [-0.25, -0.2) is 19.3 Å². The van der Waals surface area contributed by atoms with Crippen molar-refractivity contribution in [2.24, 2.45) is 0 Å². The van der Waals surface area contributed by atoms with Crippen molar-refractivity contribution in [3.8, 4) is 11.6 Å². The first-order chi connectivity index (χ1) is 13.6. The fourth-order valence-corrected chi connectivity index (χ4v) is 4.12. The molecular weight excluding hydrogens is 380 g/mol. The minimum Gasteiger partial charge on any atom is -0.465 e. The van der Waals surface area contributed by atoms with Crippen molar-refractivity contribution < 1.29 is 13.9 Å². The lowest BCUT2D eigenvalue weighted by molar-refractivity contribution is 0.0605. The summed E-state index contributed by atoms with van der Waals surface area (Å²) < 4.78 is 14.1. The number of aryl methyl sites for hydroxylation is 1. The van der Waals surface area contributed by atoms with E-state index in [9.17, 15) is 4.79 Å². The second kappa shape index (κ2) is 6.27. The van der Waals surface area contributed by atoms with E-state index in [1.807, 2.05) is 31.3 Å². The Labute approximate surface area is 162 Å². The van der Waals surface area contributed by atoms with Crippen LogP contribution >= 0.6 is 11.3 Å². The summed E-state index contributed by atoms with van der Waals surface area (Å²) in [7, 11) is 1.36. The molecule has 0 saturated carbocycles. The van der Waals surface area contributed by atoms with Crippen LogP contribution in [0.1, 0.15) is 21.0 Å². The van der Waals surface area contributed by atoms with Gasteiger partial charge in [0.15, 0.2) is 11.4 Å². The number of nitrogens with zero attached hydrogens (tertiary/aromatic N) is 6. The lowest BCUT2D eigenvalue weighted by Gasteiger charge is -1.96. The van der Waals surface area contributed by atoms with Crippen LogP contribution in [0.3, 0.4) is 0 Å². The van der Waals surface area contributed by atoms with Crippen molar-refractivity contribution in [1.29, 1.82) is 0 Å². The van der Waals surface area contributed by atoms with E-state index in [1.165, 1.54) is 18.4 Å². The van der Waals surface area contributed by atoms with E-state index in [4.69, 9.17) is 9.15 Å². The van der Waals surface area contributed by atoms with Crippen LogP contribution in [-0.4, -0.2) is 42.4 Å². The van der Waals surface area contributed by atoms with Crippen molar-refractivity contribution in [3.63, 3.8) is 0 Å². The molecule has 5 aromatic rings. The molecule has 5 aromatic heterocycles. The van der Waals surface area contributed by atoms with E-state index in [0.29, 0.717) is 33.5 Å². The third-order valence-electron chi connectivity index (χ3n) is 4.40. The molecule has 0 aliphatic heterocycles. The molecule has 0 atom stereocenters. The Morgan fingerprint density at radius 2 is 2.25 bits per heavy atom. The number of furan rings is 1. The number of methoxy groups -OCH3 is 1. The minimum absolute atomic E-state index is 0.382. The molecule has 9 nitrogen and oxygen atoms in total. The number of hydrogen-bond acceptors (Lipinski definition) is 8. The van der Waals surface area contributed by atoms with Crippen LogP contribution < -0.4 is 0 Å². The average molecular weight is 394 g/mol. The highest BCUT2D eigenvalue weighted by Gasteiger charge is 2.21. The van der Waals surface area contributed by atoms with E-state index in [0.717, 1.165) is 16.7 Å². The van der Waals surface area contributed by atoms with E-state index >= 15 is 0 Å². The van der Waals surface area contributed by atoms with Crippen molar-refractivity contribution >= 4 is 33.2 Å². The van der Waals surface area contributed by atoms with Gasteiger partial charge in [0.1, 0.15) is 21.8 Å². The maximum absolute atomic E-state index is 12.0. The highest BCUT2D eigenvalue weighted by atomic mass is 32.1. The fraction of sp³-hybridized carbons (Fsp3) is 0.167. The molecule has 5 rings (SSSR count). The zero-order chi connectivity index (χ0) is 19.3. The van der Waals surface area contributed by atoms with Gasteiger partial charge in [-0.1, -0.05) is 0 Å². The number of carbonyl (C=O) groups is 1. The van der Waals surface area contributed by atoms with E-state index in [-0.39, 0.29) is 5.97 Å². The Bertz CT molecular complexity index is 1310. The average Bonchev–Trinajstić information content (AvgIpc) is 3.47. The van der Waals surface area contributed by atoms with Gasteiger partial charge in [0.05, 0.1) is 19.0 Å². The highest BCUT2D eigenvalue weighted by Crippen LogP contribution is 2.33. The normalized spacial score (nSPS) is 11.5. The summed E-state index contributed by atoms with van der Waals surface area (Å²) >= 11 is 1.28. The van der Waals surface area contributed by atoms with Gasteiger partial charge in [0.2, 0.25) is 5.82 Å². The number of aromatic nitrogens is 6. The van der Waals surface area contributed by atoms with Gasteiger partial charge in [0, 0.05) is 12.4 Å². The smallest absolute Gasteiger partial charge is 0.348 e. The Morgan fingerprint density at radius 3 is 3.04 bits per heavy atom. The van der Waals surface area contributed by atoms with Crippen molar-refractivity contribution in [3.05, 3.63) is 53.1 Å². The van der Waals surface area contributed by atoms with Crippen molar-refractivity contribution in [2.75, 3.05) is 7.11 Å². The lowest BCUT2D eigenvalue weighted by atomic mass is 10.2. The Morgan fingerprint density at radius 1 is 1.36 bits per heavy atom. The Balaban J connectivity index is 1.58. The summed E-state index contributed by atoms with van der Waals surface area (Å²) in [6, 6.07) is 5.57. The molecule has 0 bridgehead atoms. The fourth-order valence-electron chi connectivity index (χ4n) is 3.06. The van der Waals surface area contributed by atoms with Crippen molar-refractivity contribution in [1.82, 2.24) is 29.4 Å². The quantitative estimate of drug-likeness (QED) is 0.432. The molecule has 0 spiro atoms. The van der Waals surface area contributed by atoms with Gasteiger partial charge in [-0.2, -0.15) is 5.10 Å². The van der Waals surface area contributed by atoms with Crippen molar-refractivity contribution in [2.45, 2.75) is 13.5 Å². The molecule has 0 radical (unpaired) electrons. The minimum atomic E-state index is -0.382. The molecule has 0 aromatic carbocycles. The first-order valence-electron chi connectivity index (χ1n) is 8.43. The maximum atomic E-state index is 12.0. The number of hydrogen-bond donors (Lipinski definition) is 0. The van der Waals surface area contributed by atoms with Gasteiger partial charge in [-0.15, -0.1) is 16.4 Å². The van der Waals surface area contributed by atoms with Crippen LogP contribution in [0.4, 0.5) is 0 Å². The van der Waals surface area contributed by atoms with Gasteiger partial charge < -0.3 is 9.15 Å². The number of thiophene rings is 1. The lowest BCUT2D eigenvalue weighted by Crippen LogP contribution is -1.99. The number of rotatable bonds is 4. The Hall–Kier alpha value is -3.53. The van der Waals surface area contributed by atoms with Crippen LogP contribution in [0, 0.1) is 6.92 Å². The Kier molecular flexibility index (Phi) is 3.72. The second-order valence-electron chi connectivity index (χ2n) is 6.15. The van der Waals surface area contributed by atoms with E-state index in [1.54, 1.807) is 21.7 Å². The predicted molar refractivity (Wildman–Crippen MR) is 101 cm³/mol. The molecular formula is C18H14N6O3S. The summed E-state index contributed by atoms with van der Waals surface area (Å²) in [4.78, 5) is 22.3. The third-order valence-corrected chi connectivity index (χ3v) is 5.58.